The van der Waals surface area contributed by atoms with E-state index in [2.05, 4.69) is 26.2 Å². The Balaban J connectivity index is 1.56. The zero-order valence-corrected chi connectivity index (χ0v) is 16.6. The predicted octanol–water partition coefficient (Wildman–Crippen LogP) is 6.08. The molecule has 4 rings (SSSR count). The lowest BCUT2D eigenvalue weighted by Gasteiger charge is -2.50. The summed E-state index contributed by atoms with van der Waals surface area (Å²) >= 11 is 0. The summed E-state index contributed by atoms with van der Waals surface area (Å²) in [6, 6.07) is 0. The molecule has 0 N–H and O–H groups in total. The summed E-state index contributed by atoms with van der Waals surface area (Å²) in [6.07, 6.45) is 15.1. The molecule has 0 saturated heterocycles. The van der Waals surface area contributed by atoms with E-state index in [0.29, 0.717) is 10.1 Å². The Morgan fingerprint density at radius 1 is 0.667 bits per heavy atom. The van der Waals surface area contributed by atoms with E-state index in [4.69, 9.17) is 4.12 Å². The molecule has 0 unspecified atom stereocenters. The largest absolute Gasteiger partial charge is 0.455 e. The highest BCUT2D eigenvalue weighted by Crippen LogP contribution is 2.68. The summed E-state index contributed by atoms with van der Waals surface area (Å²) in [5.74, 6) is 2.12. The van der Waals surface area contributed by atoms with Gasteiger partial charge in [0.1, 0.15) is 0 Å². The van der Waals surface area contributed by atoms with Crippen LogP contribution in [0.25, 0.3) is 0 Å². The summed E-state index contributed by atoms with van der Waals surface area (Å²) in [4.78, 5) is 0. The highest BCUT2D eigenvalue weighted by Gasteiger charge is 2.62. The van der Waals surface area contributed by atoms with Gasteiger partial charge in [0.25, 0.3) is 0 Å². The average molecular weight is 323 g/mol. The van der Waals surface area contributed by atoms with Gasteiger partial charge in [0, 0.05) is 0 Å². The molecule has 0 spiro atoms. The molecule has 0 atom stereocenters. The fraction of sp³-hybridized carbons (Fsp3) is 1.00. The molecule has 4 saturated carbocycles. The standard InChI is InChI=1S/C18H34OSi2/c1-20(2,17-9-5-15(13-17)6-10-17)19-21(3,4)18-11-7-16(14-18)8-12-18/h15-16H,5-14H2,1-4H3. The van der Waals surface area contributed by atoms with Crippen LogP contribution in [0.4, 0.5) is 0 Å². The maximum absolute atomic E-state index is 7.31. The highest BCUT2D eigenvalue weighted by molar-refractivity contribution is 6.87. The van der Waals surface area contributed by atoms with Gasteiger partial charge >= 0.3 is 0 Å². The monoisotopic (exact) mass is 322 g/mol. The van der Waals surface area contributed by atoms with Crippen molar-refractivity contribution >= 4 is 16.6 Å². The van der Waals surface area contributed by atoms with Crippen LogP contribution in [0.1, 0.15) is 64.2 Å². The number of hydrogen-bond donors (Lipinski definition) is 0. The first kappa shape index (κ1) is 15.0. The Hall–Kier alpha value is 0.394. The summed E-state index contributed by atoms with van der Waals surface area (Å²) in [5.41, 5.74) is 0. The molecule has 0 aliphatic heterocycles. The molecule has 0 amide bonds. The van der Waals surface area contributed by atoms with Crippen LogP contribution >= 0.6 is 0 Å². The molecule has 4 fully saturated rings. The Morgan fingerprint density at radius 3 is 1.24 bits per heavy atom. The van der Waals surface area contributed by atoms with Gasteiger partial charge in [-0.05, 0) is 86.6 Å². The van der Waals surface area contributed by atoms with Crippen molar-refractivity contribution in [1.82, 2.24) is 0 Å². The number of hydrogen-bond acceptors (Lipinski definition) is 1. The quantitative estimate of drug-likeness (QED) is 0.570. The lowest BCUT2D eigenvalue weighted by molar-refractivity contribution is 0.383. The zero-order chi connectivity index (χ0) is 14.9. The Bertz CT molecular complexity index is 386. The molecule has 21 heavy (non-hydrogen) atoms. The Morgan fingerprint density at radius 2 is 1.00 bits per heavy atom. The number of fused-ring (bicyclic) bond motifs is 4. The van der Waals surface area contributed by atoms with Gasteiger partial charge in [0.2, 0.25) is 0 Å². The molecule has 120 valence electrons. The minimum Gasteiger partial charge on any atom is -0.455 e. The fourth-order valence-electron chi connectivity index (χ4n) is 6.93. The van der Waals surface area contributed by atoms with Gasteiger partial charge in [0.15, 0.2) is 16.6 Å². The van der Waals surface area contributed by atoms with E-state index in [9.17, 15) is 0 Å². The maximum Gasteiger partial charge on any atom is 0.179 e. The Labute approximate surface area is 133 Å². The van der Waals surface area contributed by atoms with E-state index in [-0.39, 0.29) is 0 Å². The fourth-order valence-corrected chi connectivity index (χ4v) is 18.3. The second kappa shape index (κ2) is 4.48. The first-order chi connectivity index (χ1) is 9.78. The van der Waals surface area contributed by atoms with E-state index >= 15 is 0 Å². The van der Waals surface area contributed by atoms with Crippen molar-refractivity contribution in [1.29, 1.82) is 0 Å². The molecule has 0 aromatic rings. The zero-order valence-electron chi connectivity index (χ0n) is 14.6. The smallest absolute Gasteiger partial charge is 0.179 e. The minimum atomic E-state index is -1.56. The molecule has 0 aromatic carbocycles. The molecule has 0 aromatic heterocycles. The van der Waals surface area contributed by atoms with Crippen LogP contribution in [0, 0.1) is 11.8 Å². The molecule has 4 aliphatic carbocycles. The summed E-state index contributed by atoms with van der Waals surface area (Å²) in [5, 5.41) is 1.32. The summed E-state index contributed by atoms with van der Waals surface area (Å²) in [7, 11) is -3.13. The van der Waals surface area contributed by atoms with Crippen molar-refractivity contribution in [3.63, 3.8) is 0 Å². The maximum atomic E-state index is 7.31. The first-order valence-electron chi connectivity index (χ1n) is 9.48. The second-order valence-corrected chi connectivity index (χ2v) is 19.0. The van der Waals surface area contributed by atoms with Crippen molar-refractivity contribution < 1.29 is 4.12 Å². The van der Waals surface area contributed by atoms with Gasteiger partial charge in [0.05, 0.1) is 0 Å². The predicted molar refractivity (Wildman–Crippen MR) is 94.6 cm³/mol. The third-order valence-electron chi connectivity index (χ3n) is 8.55. The SMILES string of the molecule is C[Si](C)(O[Si](C)(C)C12CCC(CC1)C2)C12CCC(CC1)C2. The topological polar surface area (TPSA) is 9.23 Å². The van der Waals surface area contributed by atoms with Crippen molar-refractivity contribution in [2.24, 2.45) is 11.8 Å². The lowest BCUT2D eigenvalue weighted by Crippen LogP contribution is -2.55. The molecular weight excluding hydrogens is 288 g/mol. The van der Waals surface area contributed by atoms with Gasteiger partial charge in [-0.2, -0.15) is 0 Å². The normalized spacial score (nSPS) is 45.7. The molecule has 0 heterocycles. The second-order valence-electron chi connectivity index (χ2n) is 9.98. The van der Waals surface area contributed by atoms with Crippen LogP contribution in [0.3, 0.4) is 0 Å². The molecule has 1 nitrogen and oxygen atoms in total. The number of rotatable bonds is 4. The van der Waals surface area contributed by atoms with Crippen molar-refractivity contribution in [2.75, 3.05) is 0 Å². The third-order valence-corrected chi connectivity index (χ3v) is 19.1. The van der Waals surface area contributed by atoms with Gasteiger partial charge in [-0.3, -0.25) is 0 Å². The van der Waals surface area contributed by atoms with Crippen LogP contribution in [-0.4, -0.2) is 16.6 Å². The highest BCUT2D eigenvalue weighted by atomic mass is 28.4. The Kier molecular flexibility index (Phi) is 3.19. The van der Waals surface area contributed by atoms with Gasteiger partial charge in [-0.1, -0.05) is 25.7 Å². The van der Waals surface area contributed by atoms with E-state index in [1.807, 2.05) is 0 Å². The summed E-state index contributed by atoms with van der Waals surface area (Å²) in [6.45, 7) is 10.4. The van der Waals surface area contributed by atoms with Crippen LogP contribution in [-0.2, 0) is 4.12 Å². The van der Waals surface area contributed by atoms with E-state index in [1.165, 1.54) is 64.2 Å². The van der Waals surface area contributed by atoms with Crippen molar-refractivity contribution in [2.45, 2.75) is 100 Å². The lowest BCUT2D eigenvalue weighted by atomic mass is 10.0. The van der Waals surface area contributed by atoms with Crippen molar-refractivity contribution in [3.05, 3.63) is 0 Å². The molecule has 4 bridgehead atoms. The molecular formula is C18H34OSi2. The molecule has 3 heteroatoms. The van der Waals surface area contributed by atoms with Crippen molar-refractivity contribution in [3.8, 4) is 0 Å². The van der Waals surface area contributed by atoms with Crippen LogP contribution in [0.5, 0.6) is 0 Å². The first-order valence-corrected chi connectivity index (χ1v) is 15.3. The minimum absolute atomic E-state index is 0.662. The van der Waals surface area contributed by atoms with Gasteiger partial charge < -0.3 is 4.12 Å². The van der Waals surface area contributed by atoms with Crippen LogP contribution < -0.4 is 0 Å². The van der Waals surface area contributed by atoms with Gasteiger partial charge in [-0.15, -0.1) is 0 Å². The third kappa shape index (κ3) is 2.02. The van der Waals surface area contributed by atoms with Crippen LogP contribution in [0.2, 0.25) is 36.3 Å². The molecule has 4 aliphatic rings. The van der Waals surface area contributed by atoms with E-state index < -0.39 is 16.6 Å². The van der Waals surface area contributed by atoms with Gasteiger partial charge in [-0.25, -0.2) is 0 Å². The average Bonchev–Trinajstić information content (AvgIpc) is 3.18. The van der Waals surface area contributed by atoms with Crippen LogP contribution in [0.15, 0.2) is 0 Å². The summed E-state index contributed by atoms with van der Waals surface area (Å²) < 4.78 is 7.31. The van der Waals surface area contributed by atoms with E-state index in [1.54, 1.807) is 0 Å². The molecule has 0 radical (unpaired) electrons. The van der Waals surface area contributed by atoms with E-state index in [0.717, 1.165) is 11.8 Å².